The summed E-state index contributed by atoms with van der Waals surface area (Å²) in [6, 6.07) is 14.1. The minimum atomic E-state index is -1.17. The average Bonchev–Trinajstić information content (AvgIpc) is 2.39. The summed E-state index contributed by atoms with van der Waals surface area (Å²) in [6.07, 6.45) is 0. The van der Waals surface area contributed by atoms with Crippen molar-refractivity contribution in [1.29, 1.82) is 0 Å². The van der Waals surface area contributed by atoms with Gasteiger partial charge in [0.1, 0.15) is 5.75 Å². The van der Waals surface area contributed by atoms with Crippen LogP contribution in [-0.4, -0.2) is 13.1 Å². The van der Waals surface area contributed by atoms with Crippen LogP contribution < -0.4 is 9.84 Å². The van der Waals surface area contributed by atoms with E-state index in [2.05, 4.69) is 0 Å². The summed E-state index contributed by atoms with van der Waals surface area (Å²) in [7, 11) is 1.60. The van der Waals surface area contributed by atoms with Crippen LogP contribution in [0.4, 0.5) is 0 Å². The third-order valence-electron chi connectivity index (χ3n) is 2.52. The Bertz CT molecular complexity index is 529. The maximum absolute atomic E-state index is 10.8. The zero-order valence-electron chi connectivity index (χ0n) is 9.34. The first-order valence-electron chi connectivity index (χ1n) is 5.16. The number of ether oxygens (including phenoxy) is 1. The third kappa shape index (κ3) is 2.45. The minimum Gasteiger partial charge on any atom is -0.545 e. The Kier molecular flexibility index (Phi) is 3.10. The highest BCUT2D eigenvalue weighted by molar-refractivity contribution is 5.87. The molecule has 3 nitrogen and oxygen atoms in total. The molecule has 86 valence electrons. The molecule has 0 N–H and O–H groups in total. The first-order chi connectivity index (χ1) is 8.20. The van der Waals surface area contributed by atoms with Gasteiger partial charge in [-0.3, -0.25) is 0 Å². The zero-order chi connectivity index (χ0) is 12.3. The Morgan fingerprint density at radius 1 is 1.06 bits per heavy atom. The van der Waals surface area contributed by atoms with Crippen molar-refractivity contribution in [2.75, 3.05) is 7.11 Å². The van der Waals surface area contributed by atoms with E-state index in [-0.39, 0.29) is 5.56 Å². The number of rotatable bonds is 3. The molecule has 2 aromatic carbocycles. The van der Waals surface area contributed by atoms with Gasteiger partial charge in [-0.15, -0.1) is 0 Å². The molecular formula is C14H11O3-. The molecule has 0 bridgehead atoms. The predicted octanol–water partition coefficient (Wildman–Crippen LogP) is 1.73. The quantitative estimate of drug-likeness (QED) is 0.802. The highest BCUT2D eigenvalue weighted by Gasteiger charge is 2.00. The number of carboxylic acid groups (broad SMARTS) is 1. The summed E-state index contributed by atoms with van der Waals surface area (Å²) < 4.78 is 5.06. The van der Waals surface area contributed by atoms with Gasteiger partial charge in [0, 0.05) is 0 Å². The second kappa shape index (κ2) is 4.70. The summed E-state index contributed by atoms with van der Waals surface area (Å²) in [5, 5.41) is 10.8. The Hall–Kier alpha value is -2.29. The van der Waals surface area contributed by atoms with E-state index in [4.69, 9.17) is 4.74 Å². The first-order valence-corrected chi connectivity index (χ1v) is 5.16. The summed E-state index contributed by atoms with van der Waals surface area (Å²) in [5.74, 6) is -0.398. The number of benzene rings is 2. The molecule has 0 amide bonds. The van der Waals surface area contributed by atoms with Crippen LogP contribution >= 0.6 is 0 Å². The fraction of sp³-hybridized carbons (Fsp3) is 0.0714. The van der Waals surface area contributed by atoms with Gasteiger partial charge < -0.3 is 14.6 Å². The normalized spacial score (nSPS) is 9.94. The van der Waals surface area contributed by atoms with Gasteiger partial charge in [0.05, 0.1) is 13.1 Å². The topological polar surface area (TPSA) is 49.4 Å². The molecule has 0 saturated carbocycles. The monoisotopic (exact) mass is 227 g/mol. The lowest BCUT2D eigenvalue weighted by molar-refractivity contribution is -0.255. The summed E-state index contributed by atoms with van der Waals surface area (Å²) in [4.78, 5) is 10.8. The van der Waals surface area contributed by atoms with Gasteiger partial charge in [-0.1, -0.05) is 30.3 Å². The number of aromatic carboxylic acids is 1. The van der Waals surface area contributed by atoms with Crippen molar-refractivity contribution in [2.45, 2.75) is 0 Å². The van der Waals surface area contributed by atoms with Crippen molar-refractivity contribution in [1.82, 2.24) is 0 Å². The van der Waals surface area contributed by atoms with E-state index in [1.165, 1.54) is 6.07 Å². The molecule has 0 radical (unpaired) electrons. The van der Waals surface area contributed by atoms with Gasteiger partial charge >= 0.3 is 0 Å². The molecule has 0 fully saturated rings. The SMILES string of the molecule is COc1ccc(-c2cccc(C(=O)[O-])c2)cc1. The van der Waals surface area contributed by atoms with Gasteiger partial charge in [-0.2, -0.15) is 0 Å². The predicted molar refractivity (Wildman–Crippen MR) is 62.8 cm³/mol. The van der Waals surface area contributed by atoms with E-state index in [1.54, 1.807) is 19.2 Å². The number of methoxy groups -OCH3 is 1. The second-order valence-electron chi connectivity index (χ2n) is 3.60. The lowest BCUT2D eigenvalue weighted by Gasteiger charge is -2.07. The first kappa shape index (κ1) is 11.2. The van der Waals surface area contributed by atoms with Crippen LogP contribution in [0.2, 0.25) is 0 Å². The summed E-state index contributed by atoms with van der Waals surface area (Å²) in [5.41, 5.74) is 1.96. The lowest BCUT2D eigenvalue weighted by Crippen LogP contribution is -2.22. The van der Waals surface area contributed by atoms with E-state index in [0.717, 1.165) is 16.9 Å². The molecule has 0 aromatic heterocycles. The van der Waals surface area contributed by atoms with Crippen LogP contribution in [-0.2, 0) is 0 Å². The average molecular weight is 227 g/mol. The van der Waals surface area contributed by atoms with Gasteiger partial charge in [0.25, 0.3) is 0 Å². The van der Waals surface area contributed by atoms with Crippen LogP contribution in [0.15, 0.2) is 48.5 Å². The molecule has 0 aliphatic rings. The van der Waals surface area contributed by atoms with E-state index < -0.39 is 5.97 Å². The van der Waals surface area contributed by atoms with Crippen molar-refractivity contribution in [3.05, 3.63) is 54.1 Å². The van der Waals surface area contributed by atoms with E-state index >= 15 is 0 Å². The minimum absolute atomic E-state index is 0.179. The van der Waals surface area contributed by atoms with E-state index in [9.17, 15) is 9.90 Å². The second-order valence-corrected chi connectivity index (χ2v) is 3.60. The van der Waals surface area contributed by atoms with E-state index in [1.807, 2.05) is 30.3 Å². The maximum atomic E-state index is 10.8. The summed E-state index contributed by atoms with van der Waals surface area (Å²) in [6.45, 7) is 0. The van der Waals surface area contributed by atoms with Crippen LogP contribution in [0.25, 0.3) is 11.1 Å². The molecule has 0 aliphatic carbocycles. The van der Waals surface area contributed by atoms with Gasteiger partial charge in [-0.05, 0) is 34.9 Å². The van der Waals surface area contributed by atoms with Crippen molar-refractivity contribution in [3.63, 3.8) is 0 Å². The Morgan fingerprint density at radius 2 is 1.76 bits per heavy atom. The Morgan fingerprint density at radius 3 is 2.35 bits per heavy atom. The number of carbonyl (C=O) groups is 1. The fourth-order valence-corrected chi connectivity index (χ4v) is 1.61. The van der Waals surface area contributed by atoms with Crippen LogP contribution in [0, 0.1) is 0 Å². The van der Waals surface area contributed by atoms with Crippen molar-refractivity contribution in [3.8, 4) is 16.9 Å². The molecule has 3 heteroatoms. The molecule has 0 spiro atoms. The van der Waals surface area contributed by atoms with Gasteiger partial charge in [-0.25, -0.2) is 0 Å². The fourth-order valence-electron chi connectivity index (χ4n) is 1.61. The number of hydrogen-bond acceptors (Lipinski definition) is 3. The molecular weight excluding hydrogens is 216 g/mol. The number of carboxylic acids is 1. The number of carbonyl (C=O) groups excluding carboxylic acids is 1. The highest BCUT2D eigenvalue weighted by atomic mass is 16.5. The van der Waals surface area contributed by atoms with Crippen LogP contribution in [0.1, 0.15) is 10.4 Å². The molecule has 0 heterocycles. The molecule has 0 atom stereocenters. The van der Waals surface area contributed by atoms with Crippen molar-refractivity contribution >= 4 is 5.97 Å². The van der Waals surface area contributed by atoms with Gasteiger partial charge in [0.15, 0.2) is 0 Å². The summed E-state index contributed by atoms with van der Waals surface area (Å²) >= 11 is 0. The molecule has 2 aromatic rings. The maximum Gasteiger partial charge on any atom is 0.118 e. The largest absolute Gasteiger partial charge is 0.545 e. The molecule has 0 saturated heterocycles. The standard InChI is InChI=1S/C14H12O3/c1-17-13-7-5-10(6-8-13)11-3-2-4-12(9-11)14(15)16/h2-9H,1H3,(H,15,16)/p-1. The Balaban J connectivity index is 2.38. The van der Waals surface area contributed by atoms with Gasteiger partial charge in [0.2, 0.25) is 0 Å². The lowest BCUT2D eigenvalue weighted by atomic mass is 10.0. The van der Waals surface area contributed by atoms with Crippen molar-refractivity contribution < 1.29 is 14.6 Å². The Labute approximate surface area is 99.3 Å². The highest BCUT2D eigenvalue weighted by Crippen LogP contribution is 2.22. The van der Waals surface area contributed by atoms with Crippen LogP contribution in [0.3, 0.4) is 0 Å². The molecule has 0 aliphatic heterocycles. The van der Waals surface area contributed by atoms with Crippen molar-refractivity contribution in [2.24, 2.45) is 0 Å². The van der Waals surface area contributed by atoms with Crippen LogP contribution in [0.5, 0.6) is 5.75 Å². The van der Waals surface area contributed by atoms with E-state index in [0.29, 0.717) is 0 Å². The zero-order valence-corrected chi connectivity index (χ0v) is 9.34. The third-order valence-corrected chi connectivity index (χ3v) is 2.52. The molecule has 17 heavy (non-hydrogen) atoms. The molecule has 0 unspecified atom stereocenters. The molecule has 2 rings (SSSR count). The smallest absolute Gasteiger partial charge is 0.118 e. The number of hydrogen-bond donors (Lipinski definition) is 0.